The minimum atomic E-state index is -3.88. The van der Waals surface area contributed by atoms with E-state index in [4.69, 9.17) is 4.74 Å². The zero-order valence-electron chi connectivity index (χ0n) is 23.8. The molecule has 0 aromatic heterocycles. The second-order valence-electron chi connectivity index (χ2n) is 9.98. The molecule has 0 aliphatic heterocycles. The summed E-state index contributed by atoms with van der Waals surface area (Å²) < 4.78 is 32.4. The summed E-state index contributed by atoms with van der Waals surface area (Å²) in [4.78, 5) is 29.4. The first-order valence-corrected chi connectivity index (χ1v) is 15.2. The topological polar surface area (TPSA) is 96.0 Å². The van der Waals surface area contributed by atoms with Crippen molar-refractivity contribution in [1.29, 1.82) is 0 Å². The van der Waals surface area contributed by atoms with Crippen LogP contribution in [0.1, 0.15) is 37.0 Å². The number of methoxy groups -OCH3 is 1. The Balaban J connectivity index is 2.08. The van der Waals surface area contributed by atoms with Crippen LogP contribution >= 0.6 is 0 Å². The Morgan fingerprint density at radius 2 is 1.60 bits per heavy atom. The van der Waals surface area contributed by atoms with Crippen LogP contribution in [0.3, 0.4) is 0 Å². The van der Waals surface area contributed by atoms with Gasteiger partial charge in [0.25, 0.3) is 0 Å². The second-order valence-corrected chi connectivity index (χ2v) is 11.9. The summed E-state index contributed by atoms with van der Waals surface area (Å²) in [5.41, 5.74) is 2.99. The van der Waals surface area contributed by atoms with Gasteiger partial charge in [-0.3, -0.25) is 13.9 Å². The first-order chi connectivity index (χ1) is 19.0. The van der Waals surface area contributed by atoms with Crippen LogP contribution in [0.25, 0.3) is 0 Å². The van der Waals surface area contributed by atoms with Crippen LogP contribution < -0.4 is 14.4 Å². The van der Waals surface area contributed by atoms with Crippen molar-refractivity contribution >= 4 is 27.5 Å². The number of hydrogen-bond donors (Lipinski definition) is 1. The highest BCUT2D eigenvalue weighted by atomic mass is 32.2. The van der Waals surface area contributed by atoms with Gasteiger partial charge in [-0.15, -0.1) is 0 Å². The number of aryl methyl sites for hydroxylation is 1. The van der Waals surface area contributed by atoms with Crippen molar-refractivity contribution in [2.24, 2.45) is 0 Å². The molecule has 40 heavy (non-hydrogen) atoms. The number of hydrogen-bond acceptors (Lipinski definition) is 5. The number of anilines is 1. The van der Waals surface area contributed by atoms with E-state index in [1.807, 2.05) is 75.4 Å². The molecular weight excluding hydrogens is 526 g/mol. The van der Waals surface area contributed by atoms with Crippen LogP contribution in [0.2, 0.25) is 0 Å². The Bertz CT molecular complexity index is 1390. The van der Waals surface area contributed by atoms with Crippen LogP contribution in [0.4, 0.5) is 5.69 Å². The predicted molar refractivity (Wildman–Crippen MR) is 159 cm³/mol. The molecule has 2 amide bonds. The molecule has 0 fully saturated rings. The van der Waals surface area contributed by atoms with Crippen molar-refractivity contribution in [1.82, 2.24) is 10.2 Å². The van der Waals surface area contributed by atoms with Gasteiger partial charge in [-0.05, 0) is 43.5 Å². The number of ether oxygens (including phenoxy) is 1. The fourth-order valence-corrected chi connectivity index (χ4v) is 5.29. The number of sulfonamides is 1. The molecule has 2 atom stereocenters. The van der Waals surface area contributed by atoms with E-state index in [-0.39, 0.29) is 30.6 Å². The monoisotopic (exact) mass is 565 g/mol. The molecule has 0 saturated heterocycles. The minimum absolute atomic E-state index is 0.0946. The molecule has 8 nitrogen and oxygen atoms in total. The minimum Gasteiger partial charge on any atom is -0.495 e. The van der Waals surface area contributed by atoms with Crippen LogP contribution in [0.15, 0.2) is 78.9 Å². The molecule has 0 heterocycles. The highest BCUT2D eigenvalue weighted by Crippen LogP contribution is 2.30. The van der Waals surface area contributed by atoms with Crippen molar-refractivity contribution in [2.75, 3.05) is 24.2 Å². The summed E-state index contributed by atoms with van der Waals surface area (Å²) in [6, 6.07) is 22.9. The highest BCUT2D eigenvalue weighted by Gasteiger charge is 2.34. The lowest BCUT2D eigenvalue weighted by Gasteiger charge is -2.34. The summed E-state index contributed by atoms with van der Waals surface area (Å²) in [5.74, 6) is -0.471. The second kappa shape index (κ2) is 14.0. The molecule has 3 aromatic carbocycles. The predicted octanol–water partition coefficient (Wildman–Crippen LogP) is 4.32. The molecular formula is C31H39N3O5S. The maximum absolute atomic E-state index is 14.2. The largest absolute Gasteiger partial charge is 0.495 e. The zero-order chi connectivity index (χ0) is 29.3. The van der Waals surface area contributed by atoms with Crippen molar-refractivity contribution in [3.8, 4) is 5.75 Å². The molecule has 214 valence electrons. The van der Waals surface area contributed by atoms with Gasteiger partial charge in [-0.1, -0.05) is 79.2 Å². The van der Waals surface area contributed by atoms with Crippen molar-refractivity contribution in [3.05, 3.63) is 95.6 Å². The van der Waals surface area contributed by atoms with Crippen LogP contribution in [0.5, 0.6) is 5.75 Å². The van der Waals surface area contributed by atoms with E-state index >= 15 is 0 Å². The van der Waals surface area contributed by atoms with E-state index in [2.05, 4.69) is 5.32 Å². The smallest absolute Gasteiger partial charge is 0.244 e. The zero-order valence-corrected chi connectivity index (χ0v) is 24.6. The van der Waals surface area contributed by atoms with E-state index in [1.165, 1.54) is 12.0 Å². The summed E-state index contributed by atoms with van der Waals surface area (Å²) in [6.07, 6.45) is 2.05. The van der Waals surface area contributed by atoms with Crippen molar-refractivity contribution < 1.29 is 22.7 Å². The highest BCUT2D eigenvalue weighted by molar-refractivity contribution is 7.92. The van der Waals surface area contributed by atoms with Crippen molar-refractivity contribution in [3.63, 3.8) is 0 Å². The Morgan fingerprint density at radius 3 is 2.23 bits per heavy atom. The maximum atomic E-state index is 14.2. The van der Waals surface area contributed by atoms with Gasteiger partial charge < -0.3 is 15.0 Å². The number of nitrogens with zero attached hydrogens (tertiary/aromatic N) is 2. The van der Waals surface area contributed by atoms with E-state index < -0.39 is 28.5 Å². The lowest BCUT2D eigenvalue weighted by atomic mass is 10.0. The molecule has 3 rings (SSSR count). The molecule has 2 unspecified atom stereocenters. The van der Waals surface area contributed by atoms with Gasteiger partial charge in [-0.2, -0.15) is 0 Å². The Kier molecular flexibility index (Phi) is 10.7. The van der Waals surface area contributed by atoms with Gasteiger partial charge in [0.05, 0.1) is 19.1 Å². The molecule has 1 N–H and O–H groups in total. The van der Waals surface area contributed by atoms with Gasteiger partial charge in [0.15, 0.2) is 0 Å². The van der Waals surface area contributed by atoms with Crippen molar-refractivity contribution in [2.45, 2.75) is 52.2 Å². The molecule has 3 aromatic rings. The lowest BCUT2D eigenvalue weighted by Crippen LogP contribution is -2.54. The fourth-order valence-electron chi connectivity index (χ4n) is 4.43. The summed E-state index contributed by atoms with van der Waals surface area (Å²) in [5, 5.41) is 3.03. The van der Waals surface area contributed by atoms with Gasteiger partial charge >= 0.3 is 0 Å². The number of benzene rings is 3. The number of carbonyl (C=O) groups excluding carboxylic acids is 2. The first-order valence-electron chi connectivity index (χ1n) is 13.3. The normalized spacial score (nSPS) is 12.7. The molecule has 0 aliphatic carbocycles. The number of carbonyl (C=O) groups is 2. The van der Waals surface area contributed by atoms with Gasteiger partial charge in [-0.25, -0.2) is 8.42 Å². The third kappa shape index (κ3) is 8.32. The average molecular weight is 566 g/mol. The molecule has 0 radical (unpaired) electrons. The third-order valence-corrected chi connectivity index (χ3v) is 7.87. The molecule has 0 saturated carbocycles. The van der Waals surface area contributed by atoms with Crippen LogP contribution in [-0.4, -0.2) is 57.1 Å². The Hall–Kier alpha value is -3.85. The maximum Gasteiger partial charge on any atom is 0.244 e. The summed E-state index contributed by atoms with van der Waals surface area (Å²) in [7, 11) is -2.44. The van der Waals surface area contributed by atoms with Crippen LogP contribution in [-0.2, 0) is 32.6 Å². The van der Waals surface area contributed by atoms with Gasteiger partial charge in [0.2, 0.25) is 21.8 Å². The average Bonchev–Trinajstić information content (AvgIpc) is 2.93. The molecule has 9 heteroatoms. The third-order valence-electron chi connectivity index (χ3n) is 6.74. The number of rotatable bonds is 13. The molecule has 0 bridgehead atoms. The number of para-hydroxylation sites is 2. The summed E-state index contributed by atoms with van der Waals surface area (Å²) >= 11 is 0. The standard InChI is InChI=1S/C31H39N3O5S/c1-6-24(3)32-31(36)28(20-25-14-8-7-9-15-25)33(21-26-16-12-13-23(2)19-26)30(35)22-34(40(5,37)38)27-17-10-11-18-29(27)39-4/h7-19,24,28H,6,20-22H2,1-5H3,(H,32,36). The van der Waals surface area contributed by atoms with E-state index in [9.17, 15) is 18.0 Å². The summed E-state index contributed by atoms with van der Waals surface area (Å²) in [6.45, 7) is 5.49. The van der Waals surface area contributed by atoms with E-state index in [1.54, 1.807) is 24.3 Å². The van der Waals surface area contributed by atoms with Gasteiger partial charge in [0.1, 0.15) is 18.3 Å². The number of amides is 2. The Labute approximate surface area is 238 Å². The molecule has 0 aliphatic rings. The van der Waals surface area contributed by atoms with Gasteiger partial charge in [0, 0.05) is 19.0 Å². The molecule has 0 spiro atoms. The first kappa shape index (κ1) is 30.7. The lowest BCUT2D eigenvalue weighted by molar-refractivity contribution is -0.140. The Morgan fingerprint density at radius 1 is 0.950 bits per heavy atom. The van der Waals surface area contributed by atoms with Crippen LogP contribution in [0, 0.1) is 6.92 Å². The van der Waals surface area contributed by atoms with E-state index in [0.717, 1.165) is 33.7 Å². The van der Waals surface area contributed by atoms with E-state index in [0.29, 0.717) is 5.75 Å². The number of nitrogens with one attached hydrogen (secondary N) is 1. The SMILES string of the molecule is CCC(C)NC(=O)C(Cc1ccccc1)N(Cc1cccc(C)c1)C(=O)CN(c1ccccc1OC)S(C)(=O)=O. The fraction of sp³-hybridized carbons (Fsp3) is 0.355. The quantitative estimate of drug-likeness (QED) is 0.333.